The van der Waals surface area contributed by atoms with Crippen molar-refractivity contribution in [2.75, 3.05) is 5.73 Å². The van der Waals surface area contributed by atoms with Crippen LogP contribution in [0.3, 0.4) is 0 Å². The van der Waals surface area contributed by atoms with Gasteiger partial charge in [-0.1, -0.05) is 19.3 Å². The van der Waals surface area contributed by atoms with E-state index in [0.717, 1.165) is 5.52 Å². The minimum Gasteiger partial charge on any atom is -0.369 e. The van der Waals surface area contributed by atoms with Crippen LogP contribution >= 0.6 is 15.9 Å². The molecule has 0 aliphatic heterocycles. The average molecular weight is 340 g/mol. The van der Waals surface area contributed by atoms with E-state index in [2.05, 4.69) is 32.4 Å². The largest absolute Gasteiger partial charge is 0.369 e. The molecule has 1 fully saturated rings. The predicted octanol–water partition coefficient (Wildman–Crippen LogP) is 4.66. The van der Waals surface area contributed by atoms with E-state index in [1.54, 1.807) is 6.07 Å². The molecule has 2 aromatic rings. The molecule has 2 N–H and O–H groups in total. The van der Waals surface area contributed by atoms with E-state index in [0.29, 0.717) is 27.9 Å². The zero-order chi connectivity index (χ0) is 14.3. The van der Waals surface area contributed by atoms with Gasteiger partial charge in [0.1, 0.15) is 5.82 Å². The first-order chi connectivity index (χ1) is 9.58. The summed E-state index contributed by atoms with van der Waals surface area (Å²) in [6, 6.07) is 3.53. The van der Waals surface area contributed by atoms with Gasteiger partial charge in [-0.05, 0) is 47.7 Å². The Kier molecular flexibility index (Phi) is 3.71. The Morgan fingerprint density at radius 3 is 2.75 bits per heavy atom. The van der Waals surface area contributed by atoms with Crippen molar-refractivity contribution in [2.24, 2.45) is 5.92 Å². The molecule has 1 atom stereocenters. The molecule has 108 valence electrons. The first-order valence-corrected chi connectivity index (χ1v) is 7.99. The summed E-state index contributed by atoms with van der Waals surface area (Å²) >= 11 is 3.25. The standard InChI is InChI=1S/C15H19BrFN3/c1-9(10-5-3-2-4-6-10)20-14-7-11(16)12(17)8-13(14)19-15(20)18/h7-10H,2-6H2,1H3,(H2,18,19). The third kappa shape index (κ3) is 2.32. The van der Waals surface area contributed by atoms with Crippen LogP contribution in [0, 0.1) is 11.7 Å². The van der Waals surface area contributed by atoms with Crippen LogP contribution < -0.4 is 5.73 Å². The highest BCUT2D eigenvalue weighted by Gasteiger charge is 2.24. The number of fused-ring (bicyclic) bond motifs is 1. The van der Waals surface area contributed by atoms with Gasteiger partial charge in [-0.25, -0.2) is 9.37 Å². The Bertz CT molecular complexity index is 632. The average Bonchev–Trinajstić information content (AvgIpc) is 2.75. The molecule has 0 radical (unpaired) electrons. The van der Waals surface area contributed by atoms with Crippen LogP contribution in [0.25, 0.3) is 11.0 Å². The number of benzene rings is 1. The van der Waals surface area contributed by atoms with Crippen LogP contribution in [-0.4, -0.2) is 9.55 Å². The molecule has 1 heterocycles. The van der Waals surface area contributed by atoms with Gasteiger partial charge < -0.3 is 10.3 Å². The first kappa shape index (κ1) is 13.9. The molecule has 1 unspecified atom stereocenters. The normalized spacial score (nSPS) is 18.6. The number of nitrogens with zero attached hydrogens (tertiary/aromatic N) is 2. The number of aromatic nitrogens is 2. The third-order valence-electron chi connectivity index (χ3n) is 4.50. The minimum atomic E-state index is -0.299. The molecular weight excluding hydrogens is 321 g/mol. The molecule has 1 saturated carbocycles. The third-order valence-corrected chi connectivity index (χ3v) is 5.11. The summed E-state index contributed by atoms with van der Waals surface area (Å²) in [5.74, 6) is 0.815. The number of nitrogens with two attached hydrogens (primary N) is 1. The second kappa shape index (κ2) is 5.35. The van der Waals surface area contributed by atoms with Gasteiger partial charge in [0.05, 0.1) is 15.5 Å². The van der Waals surface area contributed by atoms with E-state index in [9.17, 15) is 4.39 Å². The second-order valence-electron chi connectivity index (χ2n) is 5.73. The van der Waals surface area contributed by atoms with E-state index < -0.39 is 0 Å². The van der Waals surface area contributed by atoms with Crippen molar-refractivity contribution >= 4 is 32.9 Å². The Morgan fingerprint density at radius 2 is 2.05 bits per heavy atom. The van der Waals surface area contributed by atoms with Gasteiger partial charge in [0.25, 0.3) is 0 Å². The van der Waals surface area contributed by atoms with Gasteiger partial charge in [-0.2, -0.15) is 0 Å². The molecule has 5 heteroatoms. The maximum absolute atomic E-state index is 13.6. The molecule has 3 rings (SSSR count). The van der Waals surface area contributed by atoms with Crippen LogP contribution in [0.5, 0.6) is 0 Å². The van der Waals surface area contributed by atoms with Crippen LogP contribution in [0.4, 0.5) is 10.3 Å². The summed E-state index contributed by atoms with van der Waals surface area (Å²) in [5.41, 5.74) is 7.62. The molecule has 1 aromatic carbocycles. The van der Waals surface area contributed by atoms with Crippen molar-refractivity contribution < 1.29 is 4.39 Å². The Hall–Kier alpha value is -1.10. The molecule has 0 saturated heterocycles. The fourth-order valence-corrected chi connectivity index (χ4v) is 3.70. The summed E-state index contributed by atoms with van der Waals surface area (Å²) in [6.45, 7) is 2.20. The Balaban J connectivity index is 2.05. The molecule has 20 heavy (non-hydrogen) atoms. The molecule has 0 bridgehead atoms. The van der Waals surface area contributed by atoms with Gasteiger partial charge in [0.2, 0.25) is 5.95 Å². The number of imidazole rings is 1. The summed E-state index contributed by atoms with van der Waals surface area (Å²) in [5, 5.41) is 0. The van der Waals surface area contributed by atoms with Gasteiger partial charge in [-0.15, -0.1) is 0 Å². The van der Waals surface area contributed by atoms with Crippen molar-refractivity contribution in [1.29, 1.82) is 0 Å². The number of hydrogen-bond acceptors (Lipinski definition) is 2. The number of halogens is 2. The molecule has 0 spiro atoms. The zero-order valence-electron chi connectivity index (χ0n) is 11.6. The van der Waals surface area contributed by atoms with Crippen molar-refractivity contribution in [1.82, 2.24) is 9.55 Å². The number of nitrogen functional groups attached to an aromatic ring is 1. The van der Waals surface area contributed by atoms with E-state index in [1.165, 1.54) is 38.2 Å². The lowest BCUT2D eigenvalue weighted by atomic mass is 9.84. The molecule has 0 amide bonds. The van der Waals surface area contributed by atoms with Crippen LogP contribution in [0.1, 0.15) is 45.1 Å². The lowest BCUT2D eigenvalue weighted by Crippen LogP contribution is -2.20. The topological polar surface area (TPSA) is 43.8 Å². The quantitative estimate of drug-likeness (QED) is 0.864. The molecule has 3 nitrogen and oxygen atoms in total. The lowest BCUT2D eigenvalue weighted by Gasteiger charge is -2.29. The van der Waals surface area contributed by atoms with E-state index >= 15 is 0 Å². The van der Waals surface area contributed by atoms with Crippen molar-refractivity contribution in [3.8, 4) is 0 Å². The van der Waals surface area contributed by atoms with Gasteiger partial charge in [-0.3, -0.25) is 0 Å². The fourth-order valence-electron chi connectivity index (χ4n) is 3.36. The molecule has 1 aliphatic rings. The van der Waals surface area contributed by atoms with E-state index in [1.807, 2.05) is 0 Å². The van der Waals surface area contributed by atoms with Gasteiger partial charge >= 0.3 is 0 Å². The maximum Gasteiger partial charge on any atom is 0.201 e. The minimum absolute atomic E-state index is 0.299. The highest BCUT2D eigenvalue weighted by Crippen LogP contribution is 2.36. The highest BCUT2D eigenvalue weighted by molar-refractivity contribution is 9.10. The number of rotatable bonds is 2. The van der Waals surface area contributed by atoms with E-state index in [4.69, 9.17) is 5.73 Å². The van der Waals surface area contributed by atoms with Gasteiger partial charge in [0.15, 0.2) is 0 Å². The summed E-state index contributed by atoms with van der Waals surface area (Å²) in [7, 11) is 0. The molecule has 1 aliphatic carbocycles. The van der Waals surface area contributed by atoms with Crippen LogP contribution in [-0.2, 0) is 0 Å². The lowest BCUT2D eigenvalue weighted by molar-refractivity contribution is 0.269. The monoisotopic (exact) mass is 339 g/mol. The zero-order valence-corrected chi connectivity index (χ0v) is 13.2. The molecular formula is C15H19BrFN3. The SMILES string of the molecule is CC(C1CCCCC1)n1c(N)nc2cc(F)c(Br)cc21. The summed E-state index contributed by atoms with van der Waals surface area (Å²) in [4.78, 5) is 4.31. The van der Waals surface area contributed by atoms with Crippen molar-refractivity contribution in [2.45, 2.75) is 45.1 Å². The Labute approximate surface area is 126 Å². The smallest absolute Gasteiger partial charge is 0.201 e. The first-order valence-electron chi connectivity index (χ1n) is 7.20. The highest BCUT2D eigenvalue weighted by atomic mass is 79.9. The maximum atomic E-state index is 13.6. The Morgan fingerprint density at radius 1 is 1.35 bits per heavy atom. The van der Waals surface area contributed by atoms with Crippen LogP contribution in [0.15, 0.2) is 16.6 Å². The fraction of sp³-hybridized carbons (Fsp3) is 0.533. The van der Waals surface area contributed by atoms with Crippen molar-refractivity contribution in [3.05, 3.63) is 22.4 Å². The summed E-state index contributed by atoms with van der Waals surface area (Å²) in [6.07, 6.45) is 6.39. The molecule has 1 aromatic heterocycles. The summed E-state index contributed by atoms with van der Waals surface area (Å²) < 4.78 is 16.1. The van der Waals surface area contributed by atoms with Gasteiger partial charge in [0, 0.05) is 12.1 Å². The van der Waals surface area contributed by atoms with E-state index in [-0.39, 0.29) is 5.82 Å². The van der Waals surface area contributed by atoms with Crippen molar-refractivity contribution in [3.63, 3.8) is 0 Å². The number of anilines is 1. The van der Waals surface area contributed by atoms with Crippen LogP contribution in [0.2, 0.25) is 0 Å². The predicted molar refractivity (Wildman–Crippen MR) is 83.1 cm³/mol. The number of hydrogen-bond donors (Lipinski definition) is 1. The second-order valence-corrected chi connectivity index (χ2v) is 6.59.